The first-order valence-electron chi connectivity index (χ1n) is 14.2. The van der Waals surface area contributed by atoms with Crippen molar-refractivity contribution in [2.75, 3.05) is 19.7 Å². The van der Waals surface area contributed by atoms with Crippen LogP contribution in [0.5, 0.6) is 0 Å². The van der Waals surface area contributed by atoms with Crippen LogP contribution >= 0.6 is 0 Å². The Balaban J connectivity index is 2.87. The Morgan fingerprint density at radius 1 is 0.930 bits per heavy atom. The molecular formula is C27H43N5O11. The molecule has 16 heteroatoms. The van der Waals surface area contributed by atoms with Gasteiger partial charge in [-0.2, -0.15) is 0 Å². The molecular weight excluding hydrogens is 570 g/mol. The highest BCUT2D eigenvalue weighted by molar-refractivity contribution is 6.38. The standard InChI is InChI=1S/C27H43N5O11/c1-6-8-16(22(36)24(38)28-12-19(33)29-17(26(40)41)11-20(34)35)30-23(37)18-9-7-10-32(18)25(39)21(15(4)5)31-27(42)43-13-14(2)3/h14-18,21H,6-13H2,1-5H3,(H,28,38)(H,29,33)(H,30,37)(H,31,42)(H,34,35)(H,40,41). The quantitative estimate of drug-likeness (QED) is 0.113. The fourth-order valence-electron chi connectivity index (χ4n) is 4.26. The second kappa shape index (κ2) is 17.7. The van der Waals surface area contributed by atoms with Crippen LogP contribution in [0.3, 0.4) is 0 Å². The number of likely N-dealkylation sites (tertiary alicyclic amines) is 1. The predicted molar refractivity (Wildman–Crippen MR) is 149 cm³/mol. The maximum Gasteiger partial charge on any atom is 0.407 e. The summed E-state index contributed by atoms with van der Waals surface area (Å²) < 4.78 is 5.13. The van der Waals surface area contributed by atoms with Crippen LogP contribution in [0.1, 0.15) is 66.7 Å². The molecule has 0 aromatic rings. The molecule has 1 aliphatic rings. The van der Waals surface area contributed by atoms with Crippen LogP contribution in [-0.2, 0) is 38.3 Å². The number of ether oxygens (including phenoxy) is 1. The number of aliphatic carboxylic acids is 2. The molecule has 0 aromatic heterocycles. The van der Waals surface area contributed by atoms with E-state index in [2.05, 4.69) is 10.6 Å². The number of hydrogen-bond donors (Lipinski definition) is 6. The second-order valence-corrected chi connectivity index (χ2v) is 11.0. The summed E-state index contributed by atoms with van der Waals surface area (Å²) >= 11 is 0. The van der Waals surface area contributed by atoms with E-state index in [1.54, 1.807) is 20.8 Å². The van der Waals surface area contributed by atoms with Gasteiger partial charge in [0.25, 0.3) is 5.91 Å². The molecule has 16 nitrogen and oxygen atoms in total. The van der Waals surface area contributed by atoms with Gasteiger partial charge < -0.3 is 41.1 Å². The lowest BCUT2D eigenvalue weighted by molar-refractivity contribution is -0.147. The maximum absolute atomic E-state index is 13.4. The Kier molecular flexibility index (Phi) is 15.1. The lowest BCUT2D eigenvalue weighted by atomic mass is 10.0. The zero-order chi connectivity index (χ0) is 32.9. The van der Waals surface area contributed by atoms with E-state index in [4.69, 9.17) is 14.9 Å². The van der Waals surface area contributed by atoms with E-state index in [0.29, 0.717) is 19.3 Å². The number of amides is 5. The molecule has 1 aliphatic heterocycles. The number of carbonyl (C=O) groups is 8. The Bertz CT molecular complexity index is 1060. The van der Waals surface area contributed by atoms with Crippen LogP contribution in [0.25, 0.3) is 0 Å². The van der Waals surface area contributed by atoms with E-state index in [0.717, 1.165) is 0 Å². The molecule has 0 bridgehead atoms. The molecule has 0 spiro atoms. The SMILES string of the molecule is CCCC(NC(=O)C1CCCN1C(=O)C(NC(=O)OCC(C)C)C(C)C)C(=O)C(=O)NCC(=O)NC(CC(=O)O)C(=O)O. The Labute approximate surface area is 249 Å². The van der Waals surface area contributed by atoms with Crippen molar-refractivity contribution in [1.29, 1.82) is 0 Å². The molecule has 1 rings (SSSR count). The van der Waals surface area contributed by atoms with Crippen molar-refractivity contribution in [2.45, 2.75) is 90.9 Å². The first-order chi connectivity index (χ1) is 20.1. The first kappa shape index (κ1) is 36.8. The number of Topliss-reactive ketones (excluding diaryl/α,β-unsaturated/α-hetero) is 1. The van der Waals surface area contributed by atoms with E-state index in [-0.39, 0.29) is 31.4 Å². The van der Waals surface area contributed by atoms with Crippen molar-refractivity contribution in [3.05, 3.63) is 0 Å². The summed E-state index contributed by atoms with van der Waals surface area (Å²) in [6.45, 7) is 8.51. The monoisotopic (exact) mass is 613 g/mol. The number of carboxylic acid groups (broad SMARTS) is 2. The van der Waals surface area contributed by atoms with Crippen LogP contribution in [0, 0.1) is 11.8 Å². The van der Waals surface area contributed by atoms with Gasteiger partial charge in [0.15, 0.2) is 0 Å². The third-order valence-electron chi connectivity index (χ3n) is 6.45. The maximum atomic E-state index is 13.4. The zero-order valence-corrected chi connectivity index (χ0v) is 25.1. The van der Waals surface area contributed by atoms with E-state index < -0.39 is 84.6 Å². The van der Waals surface area contributed by atoms with Crippen LogP contribution in [0.4, 0.5) is 4.79 Å². The molecule has 0 aromatic carbocycles. The number of rotatable bonds is 17. The minimum Gasteiger partial charge on any atom is -0.481 e. The largest absolute Gasteiger partial charge is 0.481 e. The molecule has 6 N–H and O–H groups in total. The van der Waals surface area contributed by atoms with Gasteiger partial charge >= 0.3 is 18.0 Å². The van der Waals surface area contributed by atoms with Crippen LogP contribution in [-0.4, -0.2) is 106 Å². The van der Waals surface area contributed by atoms with Gasteiger partial charge in [0.1, 0.15) is 18.1 Å². The third kappa shape index (κ3) is 12.3. The summed E-state index contributed by atoms with van der Waals surface area (Å²) in [5, 5.41) is 26.9. The summed E-state index contributed by atoms with van der Waals surface area (Å²) in [4.78, 5) is 99.4. The topological polar surface area (TPSA) is 238 Å². The molecule has 4 unspecified atom stereocenters. The molecule has 5 amide bonds. The van der Waals surface area contributed by atoms with Crippen molar-refractivity contribution >= 4 is 47.4 Å². The van der Waals surface area contributed by atoms with Crippen molar-refractivity contribution < 1.29 is 53.3 Å². The highest BCUT2D eigenvalue weighted by Crippen LogP contribution is 2.21. The van der Waals surface area contributed by atoms with Crippen molar-refractivity contribution in [1.82, 2.24) is 26.2 Å². The van der Waals surface area contributed by atoms with E-state index in [9.17, 15) is 38.4 Å². The molecule has 1 saturated heterocycles. The summed E-state index contributed by atoms with van der Waals surface area (Å²) in [6.07, 6.45) is -0.397. The van der Waals surface area contributed by atoms with Gasteiger partial charge in [0.2, 0.25) is 23.5 Å². The number of nitrogens with one attached hydrogen (secondary N) is 4. The van der Waals surface area contributed by atoms with Gasteiger partial charge in [0, 0.05) is 6.54 Å². The van der Waals surface area contributed by atoms with Crippen LogP contribution < -0.4 is 21.3 Å². The number of carboxylic acids is 2. The smallest absolute Gasteiger partial charge is 0.407 e. The number of hydrogen-bond acceptors (Lipinski definition) is 9. The number of alkyl carbamates (subject to hydrolysis) is 1. The van der Waals surface area contributed by atoms with E-state index in [1.807, 2.05) is 24.5 Å². The second-order valence-electron chi connectivity index (χ2n) is 11.0. The molecule has 1 heterocycles. The third-order valence-corrected chi connectivity index (χ3v) is 6.45. The van der Waals surface area contributed by atoms with Crippen molar-refractivity contribution in [3.8, 4) is 0 Å². The summed E-state index contributed by atoms with van der Waals surface area (Å²) in [5.41, 5.74) is 0. The molecule has 43 heavy (non-hydrogen) atoms. The molecule has 242 valence electrons. The summed E-state index contributed by atoms with van der Waals surface area (Å²) in [5.74, 6) is -7.75. The van der Waals surface area contributed by atoms with E-state index >= 15 is 0 Å². The number of carbonyl (C=O) groups excluding carboxylic acids is 6. The zero-order valence-electron chi connectivity index (χ0n) is 25.1. The molecule has 1 fully saturated rings. The molecule has 0 aliphatic carbocycles. The molecule has 4 atom stereocenters. The van der Waals surface area contributed by atoms with Crippen molar-refractivity contribution in [2.24, 2.45) is 11.8 Å². The lowest BCUT2D eigenvalue weighted by Gasteiger charge is -2.31. The minimum atomic E-state index is -1.74. The Morgan fingerprint density at radius 3 is 2.12 bits per heavy atom. The molecule has 0 saturated carbocycles. The minimum absolute atomic E-state index is 0.0718. The van der Waals surface area contributed by atoms with Gasteiger partial charge in [-0.15, -0.1) is 0 Å². The van der Waals surface area contributed by atoms with E-state index in [1.165, 1.54) is 4.90 Å². The fourth-order valence-corrected chi connectivity index (χ4v) is 4.26. The fraction of sp³-hybridized carbons (Fsp3) is 0.704. The molecule has 0 radical (unpaired) electrons. The van der Waals surface area contributed by atoms with Gasteiger partial charge in [-0.1, -0.05) is 41.0 Å². The van der Waals surface area contributed by atoms with Gasteiger partial charge in [-0.3, -0.25) is 28.8 Å². The van der Waals surface area contributed by atoms with Gasteiger partial charge in [0.05, 0.1) is 25.6 Å². The van der Waals surface area contributed by atoms with Crippen LogP contribution in [0.15, 0.2) is 0 Å². The lowest BCUT2D eigenvalue weighted by Crippen LogP contribution is -2.57. The van der Waals surface area contributed by atoms with Gasteiger partial charge in [-0.25, -0.2) is 9.59 Å². The number of nitrogens with zero attached hydrogens (tertiary/aromatic N) is 1. The highest BCUT2D eigenvalue weighted by Gasteiger charge is 2.40. The Morgan fingerprint density at radius 2 is 1.58 bits per heavy atom. The summed E-state index contributed by atoms with van der Waals surface area (Å²) in [7, 11) is 0. The number of ketones is 1. The average molecular weight is 614 g/mol. The first-order valence-corrected chi connectivity index (χ1v) is 14.2. The average Bonchev–Trinajstić information content (AvgIpc) is 3.42. The summed E-state index contributed by atoms with van der Waals surface area (Å²) in [6, 6.07) is -4.93. The van der Waals surface area contributed by atoms with Crippen LogP contribution in [0.2, 0.25) is 0 Å². The highest BCUT2D eigenvalue weighted by atomic mass is 16.5. The predicted octanol–water partition coefficient (Wildman–Crippen LogP) is -0.601. The van der Waals surface area contributed by atoms with Gasteiger partial charge in [-0.05, 0) is 31.1 Å². The van der Waals surface area contributed by atoms with Crippen molar-refractivity contribution in [3.63, 3.8) is 0 Å². The normalized spacial score (nSPS) is 16.5. The Hall–Kier alpha value is -4.24.